The molecule has 176 valence electrons. The quantitative estimate of drug-likeness (QED) is 0.343. The van der Waals surface area contributed by atoms with E-state index in [1.807, 2.05) is 6.08 Å². The van der Waals surface area contributed by atoms with E-state index in [0.717, 1.165) is 6.20 Å². The number of benzene rings is 1. The van der Waals surface area contributed by atoms with E-state index in [0.29, 0.717) is 24.2 Å². The van der Waals surface area contributed by atoms with Crippen LogP contribution in [0.25, 0.3) is 11.3 Å². The fourth-order valence-corrected chi connectivity index (χ4v) is 3.55. The number of nitrogens with one attached hydrogen (secondary N) is 1. The molecule has 0 radical (unpaired) electrons. The van der Waals surface area contributed by atoms with E-state index < -0.39 is 21.4 Å². The largest absolute Gasteiger partial charge is 0.478 e. The minimum absolute atomic E-state index is 0.107. The molecule has 0 saturated heterocycles. The Kier molecular flexibility index (Phi) is 6.22. The van der Waals surface area contributed by atoms with Crippen molar-refractivity contribution in [3.8, 4) is 11.3 Å². The van der Waals surface area contributed by atoms with E-state index in [-0.39, 0.29) is 28.6 Å². The summed E-state index contributed by atoms with van der Waals surface area (Å²) in [5, 5.41) is 34.4. The second kappa shape index (κ2) is 9.43. The predicted molar refractivity (Wildman–Crippen MR) is 124 cm³/mol. The zero-order valence-electron chi connectivity index (χ0n) is 17.9. The summed E-state index contributed by atoms with van der Waals surface area (Å²) < 4.78 is 0. The molecule has 3 heterocycles. The molecule has 35 heavy (non-hydrogen) atoms. The SMILES string of the molecule is O=C(O)c1cnc(NCCC2(c3ccc([N+](=O)[O-])cn3)C=CC=N2)nc1-c1ccc([N+](=O)[O-])cc1. The number of hydrogen-bond acceptors (Lipinski definition) is 10. The first-order valence-corrected chi connectivity index (χ1v) is 10.2. The Morgan fingerprint density at radius 3 is 2.29 bits per heavy atom. The van der Waals surface area contributed by atoms with Crippen molar-refractivity contribution in [3.05, 3.63) is 92.4 Å². The summed E-state index contributed by atoms with van der Waals surface area (Å²) in [6.07, 6.45) is 7.95. The highest BCUT2D eigenvalue weighted by molar-refractivity contribution is 5.94. The van der Waals surface area contributed by atoms with Crippen LogP contribution in [0, 0.1) is 20.2 Å². The molecule has 0 bridgehead atoms. The van der Waals surface area contributed by atoms with Gasteiger partial charge in [-0.15, -0.1) is 0 Å². The van der Waals surface area contributed by atoms with Gasteiger partial charge in [0, 0.05) is 42.7 Å². The van der Waals surface area contributed by atoms with Gasteiger partial charge < -0.3 is 10.4 Å². The van der Waals surface area contributed by atoms with Gasteiger partial charge in [0.25, 0.3) is 11.4 Å². The lowest BCUT2D eigenvalue weighted by atomic mass is 9.92. The minimum Gasteiger partial charge on any atom is -0.478 e. The number of allylic oxidation sites excluding steroid dienone is 1. The van der Waals surface area contributed by atoms with Gasteiger partial charge in [0.05, 0.1) is 21.2 Å². The Morgan fingerprint density at radius 1 is 1.00 bits per heavy atom. The minimum atomic E-state index is -1.24. The zero-order chi connectivity index (χ0) is 25.0. The number of carboxylic acid groups (broad SMARTS) is 1. The first-order valence-electron chi connectivity index (χ1n) is 10.2. The maximum absolute atomic E-state index is 11.7. The molecule has 1 aliphatic rings. The third kappa shape index (κ3) is 4.83. The molecule has 13 heteroatoms. The van der Waals surface area contributed by atoms with Crippen molar-refractivity contribution < 1.29 is 19.7 Å². The molecule has 13 nitrogen and oxygen atoms in total. The van der Waals surface area contributed by atoms with E-state index in [2.05, 4.69) is 25.3 Å². The number of anilines is 1. The molecule has 2 aromatic heterocycles. The van der Waals surface area contributed by atoms with Crippen molar-refractivity contribution in [2.24, 2.45) is 4.99 Å². The molecular formula is C22H17N7O6. The number of nitrogens with zero attached hydrogens (tertiary/aromatic N) is 6. The van der Waals surface area contributed by atoms with Crippen molar-refractivity contribution in [1.82, 2.24) is 15.0 Å². The number of nitro groups is 2. The van der Waals surface area contributed by atoms with Crippen molar-refractivity contribution in [2.75, 3.05) is 11.9 Å². The van der Waals surface area contributed by atoms with E-state index in [9.17, 15) is 30.1 Å². The van der Waals surface area contributed by atoms with Crippen LogP contribution in [-0.2, 0) is 5.54 Å². The van der Waals surface area contributed by atoms with Crippen molar-refractivity contribution in [1.29, 1.82) is 0 Å². The highest BCUT2D eigenvalue weighted by atomic mass is 16.6. The number of aromatic nitrogens is 3. The number of carbonyl (C=O) groups is 1. The number of aliphatic imine (C=N–C) groups is 1. The molecule has 1 aromatic carbocycles. The summed E-state index contributed by atoms with van der Waals surface area (Å²) in [6.45, 7) is 0.312. The molecule has 3 aromatic rings. The molecule has 1 unspecified atom stereocenters. The topological polar surface area (TPSA) is 187 Å². The van der Waals surface area contributed by atoms with E-state index in [4.69, 9.17) is 0 Å². The summed E-state index contributed by atoms with van der Waals surface area (Å²) in [6, 6.07) is 8.29. The molecule has 4 rings (SSSR count). The molecular weight excluding hydrogens is 458 g/mol. The van der Waals surface area contributed by atoms with Gasteiger partial charge >= 0.3 is 5.97 Å². The Morgan fingerprint density at radius 2 is 1.71 bits per heavy atom. The Labute approximate surface area is 197 Å². The van der Waals surface area contributed by atoms with Gasteiger partial charge in [-0.25, -0.2) is 14.8 Å². The number of hydrogen-bond donors (Lipinski definition) is 2. The summed E-state index contributed by atoms with van der Waals surface area (Å²) in [7, 11) is 0. The number of aromatic carboxylic acids is 1. The van der Waals surface area contributed by atoms with Crippen molar-refractivity contribution in [3.63, 3.8) is 0 Å². The second-order valence-electron chi connectivity index (χ2n) is 7.46. The number of non-ortho nitro benzene ring substituents is 1. The number of carboxylic acids is 1. The van der Waals surface area contributed by atoms with Crippen LogP contribution < -0.4 is 5.32 Å². The number of nitro benzene ring substituents is 1. The van der Waals surface area contributed by atoms with E-state index in [1.54, 1.807) is 18.4 Å². The lowest BCUT2D eigenvalue weighted by Crippen LogP contribution is -2.25. The van der Waals surface area contributed by atoms with Gasteiger partial charge in [-0.3, -0.25) is 30.2 Å². The van der Waals surface area contributed by atoms with Crippen LogP contribution in [0.2, 0.25) is 0 Å². The highest BCUT2D eigenvalue weighted by Gasteiger charge is 2.32. The molecule has 1 atom stereocenters. The first-order chi connectivity index (χ1) is 16.8. The molecule has 0 amide bonds. The third-order valence-electron chi connectivity index (χ3n) is 5.33. The maximum Gasteiger partial charge on any atom is 0.339 e. The smallest absolute Gasteiger partial charge is 0.339 e. The Hall–Kier alpha value is -5.07. The van der Waals surface area contributed by atoms with Crippen LogP contribution in [0.3, 0.4) is 0 Å². The average Bonchev–Trinajstić information content (AvgIpc) is 3.34. The molecule has 0 saturated carbocycles. The average molecular weight is 475 g/mol. The maximum atomic E-state index is 11.7. The van der Waals surface area contributed by atoms with Gasteiger partial charge in [0.15, 0.2) is 0 Å². The summed E-state index contributed by atoms with van der Waals surface area (Å²) >= 11 is 0. The zero-order valence-corrected chi connectivity index (χ0v) is 17.9. The molecule has 1 aliphatic heterocycles. The van der Waals surface area contributed by atoms with Gasteiger partial charge in [0.2, 0.25) is 5.95 Å². The van der Waals surface area contributed by atoms with E-state index in [1.165, 1.54) is 36.5 Å². The van der Waals surface area contributed by atoms with Gasteiger partial charge in [-0.05, 0) is 36.8 Å². The summed E-state index contributed by atoms with van der Waals surface area (Å²) in [5.41, 5.74) is -0.219. The van der Waals surface area contributed by atoms with Crippen LogP contribution in [0.4, 0.5) is 17.3 Å². The standard InChI is InChI=1S/C22H17N7O6/c30-20(31)17-13-25-21(27-19(17)14-2-4-15(5-3-14)28(32)33)23-11-9-22(8-1-10-26-22)18-7-6-16(12-24-18)29(34)35/h1-8,10,12-13H,9,11H2,(H,30,31)(H,23,25,27). The predicted octanol–water partition coefficient (Wildman–Crippen LogP) is 3.39. The fourth-order valence-electron chi connectivity index (χ4n) is 3.55. The molecule has 2 N–H and O–H groups in total. The van der Waals surface area contributed by atoms with Crippen LogP contribution in [-0.4, -0.2) is 48.6 Å². The second-order valence-corrected chi connectivity index (χ2v) is 7.46. The number of rotatable bonds is 9. The van der Waals surface area contributed by atoms with Crippen LogP contribution in [0.1, 0.15) is 22.5 Å². The van der Waals surface area contributed by atoms with Crippen molar-refractivity contribution in [2.45, 2.75) is 12.0 Å². The van der Waals surface area contributed by atoms with Crippen molar-refractivity contribution >= 4 is 29.5 Å². The Balaban J connectivity index is 1.54. The lowest BCUT2D eigenvalue weighted by Gasteiger charge is -2.23. The van der Waals surface area contributed by atoms with Crippen LogP contribution in [0.5, 0.6) is 0 Å². The summed E-state index contributed by atoms with van der Waals surface area (Å²) in [5.74, 6) is -1.08. The van der Waals surface area contributed by atoms with Gasteiger partial charge in [-0.2, -0.15) is 0 Å². The monoisotopic (exact) mass is 475 g/mol. The van der Waals surface area contributed by atoms with Crippen LogP contribution in [0.15, 0.2) is 65.9 Å². The Bertz CT molecular complexity index is 1340. The van der Waals surface area contributed by atoms with Gasteiger partial charge in [0.1, 0.15) is 17.3 Å². The third-order valence-corrected chi connectivity index (χ3v) is 5.33. The molecule has 0 fully saturated rings. The summed E-state index contributed by atoms with van der Waals surface area (Å²) in [4.78, 5) is 49.5. The number of pyridine rings is 1. The lowest BCUT2D eigenvalue weighted by molar-refractivity contribution is -0.385. The van der Waals surface area contributed by atoms with Crippen LogP contribution >= 0.6 is 0 Å². The normalized spacial score (nSPS) is 16.2. The highest BCUT2D eigenvalue weighted by Crippen LogP contribution is 2.33. The molecule has 0 aliphatic carbocycles. The fraction of sp³-hybridized carbons (Fsp3) is 0.136. The van der Waals surface area contributed by atoms with E-state index >= 15 is 0 Å². The van der Waals surface area contributed by atoms with Gasteiger partial charge in [-0.1, -0.05) is 0 Å². The first kappa shape index (κ1) is 23.1. The molecule has 0 spiro atoms.